The largest absolute Gasteiger partial charge is 0.304 e. The molecule has 0 bridgehead atoms. The summed E-state index contributed by atoms with van der Waals surface area (Å²) in [5.41, 5.74) is 6.96. The van der Waals surface area contributed by atoms with Crippen molar-refractivity contribution in [2.45, 2.75) is 68.7 Å². The normalized spacial score (nSPS) is 11.9. The first-order valence-corrected chi connectivity index (χ1v) is 13.3. The average Bonchev–Trinajstić information content (AvgIpc) is 2.90. The van der Waals surface area contributed by atoms with Gasteiger partial charge in [-0.25, -0.2) is 0 Å². The zero-order chi connectivity index (χ0) is 29.6. The van der Waals surface area contributed by atoms with Gasteiger partial charge in [0.25, 0.3) is 0 Å². The Morgan fingerprint density at radius 2 is 1.34 bits per heavy atom. The Balaban J connectivity index is -0.000000944. The second-order valence-corrected chi connectivity index (χ2v) is 7.87. The molecule has 1 heteroatoms. The Kier molecular flexibility index (Phi) is 30.2. The highest BCUT2D eigenvalue weighted by molar-refractivity contribution is 5.70. The molecule has 1 rings (SSSR count). The summed E-state index contributed by atoms with van der Waals surface area (Å²) >= 11 is 0. The van der Waals surface area contributed by atoms with E-state index >= 15 is 0 Å². The van der Waals surface area contributed by atoms with Crippen LogP contribution in [0.15, 0.2) is 139 Å². The maximum atomic E-state index is 8.81. The van der Waals surface area contributed by atoms with Crippen molar-refractivity contribution in [2.75, 3.05) is 0 Å². The van der Waals surface area contributed by atoms with Crippen LogP contribution in [-0.4, -0.2) is 6.29 Å². The van der Waals surface area contributed by atoms with Gasteiger partial charge in [-0.1, -0.05) is 142 Å². The summed E-state index contributed by atoms with van der Waals surface area (Å²) in [5, 5.41) is 0. The molecule has 0 spiro atoms. The van der Waals surface area contributed by atoms with Crippen LogP contribution in [0, 0.1) is 6.92 Å². The molecule has 0 heterocycles. The van der Waals surface area contributed by atoms with Crippen LogP contribution in [0.3, 0.4) is 0 Å². The van der Waals surface area contributed by atoms with Crippen LogP contribution in [0.5, 0.6) is 0 Å². The molecule has 0 radical (unpaired) electrons. The summed E-state index contributed by atoms with van der Waals surface area (Å²) in [6.45, 7) is 25.8. The Hall–Kier alpha value is -3.71. The van der Waals surface area contributed by atoms with Crippen molar-refractivity contribution < 1.29 is 4.79 Å². The Bertz CT molecular complexity index is 1000. The van der Waals surface area contributed by atoms with Crippen molar-refractivity contribution in [3.63, 3.8) is 0 Å². The second-order valence-electron chi connectivity index (χ2n) is 7.87. The Morgan fingerprint density at radius 1 is 0.789 bits per heavy atom. The van der Waals surface area contributed by atoms with Crippen LogP contribution in [0.2, 0.25) is 0 Å². The summed E-state index contributed by atoms with van der Waals surface area (Å²) in [6, 6.07) is 8.44. The van der Waals surface area contributed by atoms with Crippen LogP contribution >= 0.6 is 0 Å². The lowest BCUT2D eigenvalue weighted by Gasteiger charge is -2.08. The topological polar surface area (TPSA) is 17.1 Å². The maximum absolute atomic E-state index is 8.81. The molecule has 0 N–H and O–H groups in total. The van der Waals surface area contributed by atoms with E-state index in [4.69, 9.17) is 4.79 Å². The van der Waals surface area contributed by atoms with Gasteiger partial charge in [-0.3, -0.25) is 0 Å². The van der Waals surface area contributed by atoms with Crippen molar-refractivity contribution in [3.8, 4) is 0 Å². The van der Waals surface area contributed by atoms with Gasteiger partial charge in [-0.05, 0) is 82.7 Å². The lowest BCUT2D eigenvalue weighted by molar-refractivity contribution is -0.106. The van der Waals surface area contributed by atoms with Gasteiger partial charge in [0.2, 0.25) is 0 Å². The van der Waals surface area contributed by atoms with E-state index in [1.54, 1.807) is 0 Å². The number of aryl methyl sites for hydroxylation is 1. The number of benzene rings is 1. The van der Waals surface area contributed by atoms with Crippen LogP contribution in [0.25, 0.3) is 5.57 Å². The second kappa shape index (κ2) is 29.5. The quantitative estimate of drug-likeness (QED) is 0.225. The molecular formula is C37H52O. The zero-order valence-corrected chi connectivity index (χ0v) is 25.5. The minimum Gasteiger partial charge on any atom is -0.304 e. The van der Waals surface area contributed by atoms with Crippen molar-refractivity contribution >= 4 is 11.9 Å². The highest BCUT2D eigenvalue weighted by Gasteiger charge is 2.01. The van der Waals surface area contributed by atoms with Gasteiger partial charge in [-0.15, -0.1) is 0 Å². The van der Waals surface area contributed by atoms with E-state index in [-0.39, 0.29) is 0 Å². The summed E-state index contributed by atoms with van der Waals surface area (Å²) in [6.07, 6.45) is 30.5. The van der Waals surface area contributed by atoms with Gasteiger partial charge >= 0.3 is 0 Å². The van der Waals surface area contributed by atoms with Crippen LogP contribution in [0.4, 0.5) is 0 Å². The molecule has 0 aliphatic rings. The van der Waals surface area contributed by atoms with Crippen molar-refractivity contribution in [2.24, 2.45) is 0 Å². The fourth-order valence-corrected chi connectivity index (χ4v) is 2.81. The van der Waals surface area contributed by atoms with E-state index < -0.39 is 0 Å². The number of aldehydes is 1. The van der Waals surface area contributed by atoms with E-state index in [1.165, 1.54) is 23.6 Å². The number of hydrogen-bond donors (Lipinski definition) is 0. The Morgan fingerprint density at radius 3 is 1.84 bits per heavy atom. The van der Waals surface area contributed by atoms with Gasteiger partial charge in [0.1, 0.15) is 6.29 Å². The molecule has 0 unspecified atom stereocenters. The molecule has 0 aliphatic heterocycles. The number of allylic oxidation sites excluding steroid dienone is 18. The van der Waals surface area contributed by atoms with Gasteiger partial charge in [0.05, 0.1) is 0 Å². The molecule has 1 nitrogen and oxygen atoms in total. The van der Waals surface area contributed by atoms with Crippen molar-refractivity contribution in [1.29, 1.82) is 0 Å². The molecule has 0 saturated carbocycles. The van der Waals surface area contributed by atoms with E-state index in [0.29, 0.717) is 0 Å². The molecular weight excluding hydrogens is 460 g/mol. The van der Waals surface area contributed by atoms with Crippen LogP contribution in [-0.2, 0) is 4.79 Å². The molecule has 38 heavy (non-hydrogen) atoms. The van der Waals surface area contributed by atoms with Crippen LogP contribution < -0.4 is 0 Å². The third-order valence-corrected chi connectivity index (χ3v) is 4.49. The number of rotatable bonds is 10. The highest BCUT2D eigenvalue weighted by atomic mass is 16.1. The van der Waals surface area contributed by atoms with Crippen LogP contribution in [0.1, 0.15) is 72.9 Å². The molecule has 1 aromatic carbocycles. The molecule has 0 saturated heterocycles. The molecule has 0 aliphatic carbocycles. The third-order valence-electron chi connectivity index (χ3n) is 4.49. The standard InChI is InChI=1S/C27H32.C6H10.C2H4O.C2H6/c1-7-16-26(19-13-11-9-8-10-12-17-22(2)3)24(5)21-25(6)27-20-15-14-18-23(27)4;1-3-5-6-4-2;1-2-3;1-2/h7-8,10-21H,2,5,9H2,1,3-4,6H3;3-6H,1-2H3;2H,1H3;1-2H3/b10-8-,13-11+,16-7-,17-12-,25-21-,26-19+;5-3+,6-4+;;. The first-order valence-electron chi connectivity index (χ1n) is 13.3. The number of hydrogen-bond acceptors (Lipinski definition) is 1. The molecule has 0 atom stereocenters. The first kappa shape index (κ1) is 38.8. The lowest BCUT2D eigenvalue weighted by Crippen LogP contribution is -1.87. The highest BCUT2D eigenvalue weighted by Crippen LogP contribution is 2.22. The van der Waals surface area contributed by atoms with Gasteiger partial charge < -0.3 is 4.79 Å². The Labute approximate surface area is 235 Å². The summed E-state index contributed by atoms with van der Waals surface area (Å²) in [7, 11) is 0. The predicted molar refractivity (Wildman–Crippen MR) is 176 cm³/mol. The van der Waals surface area contributed by atoms with E-state index in [9.17, 15) is 0 Å². The van der Waals surface area contributed by atoms with Gasteiger partial charge in [-0.2, -0.15) is 0 Å². The monoisotopic (exact) mass is 512 g/mol. The fraction of sp³-hybridized carbons (Fsp3) is 0.270. The summed E-state index contributed by atoms with van der Waals surface area (Å²) in [4.78, 5) is 8.81. The third kappa shape index (κ3) is 24.0. The van der Waals surface area contributed by atoms with Gasteiger partial charge in [0.15, 0.2) is 0 Å². The van der Waals surface area contributed by atoms with E-state index in [0.717, 1.165) is 29.4 Å². The van der Waals surface area contributed by atoms with Crippen molar-refractivity contribution in [1.82, 2.24) is 0 Å². The molecule has 206 valence electrons. The molecule has 0 aromatic heterocycles. The molecule has 0 fully saturated rings. The summed E-state index contributed by atoms with van der Waals surface area (Å²) < 4.78 is 0. The molecule has 1 aromatic rings. The minimum absolute atomic E-state index is 0.750. The first-order chi connectivity index (χ1) is 18.3. The number of carbonyl (C=O) groups excluding carboxylic acids is 1. The molecule has 0 amide bonds. The van der Waals surface area contributed by atoms with Gasteiger partial charge in [0, 0.05) is 0 Å². The summed E-state index contributed by atoms with van der Waals surface area (Å²) in [5.74, 6) is 0. The maximum Gasteiger partial charge on any atom is 0.116 e. The average molecular weight is 513 g/mol. The van der Waals surface area contributed by atoms with Crippen molar-refractivity contribution in [3.05, 3.63) is 150 Å². The predicted octanol–water partition coefficient (Wildman–Crippen LogP) is 11.5. The minimum atomic E-state index is 0.750. The fourth-order valence-electron chi connectivity index (χ4n) is 2.81. The SMILES string of the molecule is C/C=C/C=C/C.C=C(C)/C=C\C=C/C/C=C/C=C(\C=C/C)C(=C)/C=C(/C)c1ccccc1C.CC.CC=O. The van der Waals surface area contributed by atoms with E-state index in [1.807, 2.05) is 90.2 Å². The lowest BCUT2D eigenvalue weighted by atomic mass is 9.97. The zero-order valence-electron chi connectivity index (χ0n) is 25.5. The van der Waals surface area contributed by atoms with E-state index in [2.05, 4.69) is 87.7 Å². The smallest absolute Gasteiger partial charge is 0.116 e. The number of carbonyl (C=O) groups is 1.